The second-order valence-corrected chi connectivity index (χ2v) is 9.90. The molecule has 1 saturated carbocycles. The number of carboxylic acid groups (broad SMARTS) is 1. The number of aryl methyl sites for hydroxylation is 1. The van der Waals surface area contributed by atoms with E-state index in [4.69, 9.17) is 5.11 Å². The molecular weight excluding hydrogens is 490 g/mol. The number of benzene rings is 1. The van der Waals surface area contributed by atoms with Crippen LogP contribution in [0.5, 0.6) is 5.88 Å². The SMILES string of the molecule is Cc1ccc(NC(=O)Nc2nc(CSc3ncc(C(=O)O)c(O)n3)cs2)c(C(=O)C2CCCC2)c1. The molecule has 0 bridgehead atoms. The zero-order valence-corrected chi connectivity index (χ0v) is 20.4. The summed E-state index contributed by atoms with van der Waals surface area (Å²) in [6.45, 7) is 1.91. The van der Waals surface area contributed by atoms with Gasteiger partial charge in [0.2, 0.25) is 5.88 Å². The van der Waals surface area contributed by atoms with Crippen LogP contribution in [0.3, 0.4) is 0 Å². The van der Waals surface area contributed by atoms with E-state index < -0.39 is 17.9 Å². The number of carbonyl (C=O) groups excluding carboxylic acids is 2. The summed E-state index contributed by atoms with van der Waals surface area (Å²) >= 11 is 2.40. The fourth-order valence-corrected chi connectivity index (χ4v) is 5.29. The molecule has 0 radical (unpaired) electrons. The van der Waals surface area contributed by atoms with Gasteiger partial charge in [0.25, 0.3) is 0 Å². The summed E-state index contributed by atoms with van der Waals surface area (Å²) in [5.41, 5.74) is 2.23. The molecule has 2 aromatic heterocycles. The van der Waals surface area contributed by atoms with E-state index >= 15 is 0 Å². The van der Waals surface area contributed by atoms with Crippen LogP contribution in [0.1, 0.15) is 57.7 Å². The van der Waals surface area contributed by atoms with Crippen LogP contribution in [0.25, 0.3) is 0 Å². The van der Waals surface area contributed by atoms with Crippen LogP contribution in [0, 0.1) is 12.8 Å². The summed E-state index contributed by atoms with van der Waals surface area (Å²) in [6.07, 6.45) is 4.91. The number of nitrogens with one attached hydrogen (secondary N) is 2. The first-order valence-electron chi connectivity index (χ1n) is 10.9. The molecule has 4 N–H and O–H groups in total. The molecule has 1 fully saturated rings. The number of amides is 2. The Labute approximate surface area is 209 Å². The van der Waals surface area contributed by atoms with E-state index in [0.29, 0.717) is 27.8 Å². The number of nitrogens with zero attached hydrogens (tertiary/aromatic N) is 3. The standard InChI is InChI=1S/C23H23N5O5S2/c1-12-6-7-17(15(8-12)18(29)13-4-2-3-5-13)26-21(33)28-23-25-14(11-35-23)10-34-22-24-9-16(20(31)32)19(30)27-22/h6-9,11,13H,2-5,10H2,1H3,(H,31,32)(H,24,27,30)(H2,25,26,28,33). The highest BCUT2D eigenvalue weighted by Crippen LogP contribution is 2.31. The van der Waals surface area contributed by atoms with E-state index in [1.807, 2.05) is 19.1 Å². The molecule has 10 nitrogen and oxygen atoms in total. The molecule has 0 saturated heterocycles. The Morgan fingerprint density at radius 1 is 1.14 bits per heavy atom. The predicted molar refractivity (Wildman–Crippen MR) is 132 cm³/mol. The van der Waals surface area contributed by atoms with Crippen LogP contribution >= 0.6 is 23.1 Å². The van der Waals surface area contributed by atoms with Crippen molar-refractivity contribution in [3.8, 4) is 5.88 Å². The summed E-state index contributed by atoms with van der Waals surface area (Å²) in [5.74, 6) is -1.49. The molecule has 182 valence electrons. The molecule has 2 amide bonds. The minimum atomic E-state index is -1.31. The lowest BCUT2D eigenvalue weighted by molar-refractivity contribution is 0.0691. The number of hydrogen-bond donors (Lipinski definition) is 4. The van der Waals surface area contributed by atoms with Gasteiger partial charge < -0.3 is 15.5 Å². The number of thiazole rings is 1. The molecule has 35 heavy (non-hydrogen) atoms. The van der Waals surface area contributed by atoms with Crippen molar-refractivity contribution in [1.29, 1.82) is 0 Å². The van der Waals surface area contributed by atoms with Crippen LogP contribution in [0.2, 0.25) is 0 Å². The molecule has 1 aromatic carbocycles. The second kappa shape index (κ2) is 10.8. The average Bonchev–Trinajstić information content (AvgIpc) is 3.50. The number of rotatable bonds is 8. The third kappa shape index (κ3) is 6.14. The zero-order chi connectivity index (χ0) is 24.9. The molecular formula is C23H23N5O5S2. The number of aromatic nitrogens is 3. The highest BCUT2D eigenvalue weighted by atomic mass is 32.2. The molecule has 2 heterocycles. The van der Waals surface area contributed by atoms with E-state index in [9.17, 15) is 19.5 Å². The zero-order valence-electron chi connectivity index (χ0n) is 18.8. The number of aromatic hydroxyl groups is 1. The van der Waals surface area contributed by atoms with Crippen LogP contribution in [-0.2, 0) is 5.75 Å². The van der Waals surface area contributed by atoms with Gasteiger partial charge in [-0.3, -0.25) is 10.1 Å². The van der Waals surface area contributed by atoms with Gasteiger partial charge >= 0.3 is 12.0 Å². The first kappa shape index (κ1) is 24.6. The minimum absolute atomic E-state index is 0.00524. The van der Waals surface area contributed by atoms with Crippen molar-refractivity contribution in [2.24, 2.45) is 5.92 Å². The summed E-state index contributed by atoms with van der Waals surface area (Å²) in [4.78, 5) is 48.6. The largest absolute Gasteiger partial charge is 0.493 e. The van der Waals surface area contributed by atoms with Crippen molar-refractivity contribution in [3.63, 3.8) is 0 Å². The number of Topliss-reactive ketones (excluding diaryl/α,β-unsaturated/α-hetero) is 1. The molecule has 0 aliphatic heterocycles. The number of hydrogen-bond acceptors (Lipinski definition) is 9. The monoisotopic (exact) mass is 513 g/mol. The molecule has 1 aliphatic carbocycles. The molecule has 0 atom stereocenters. The minimum Gasteiger partial charge on any atom is -0.493 e. The van der Waals surface area contributed by atoms with Gasteiger partial charge in [-0.15, -0.1) is 11.3 Å². The molecule has 0 unspecified atom stereocenters. The van der Waals surface area contributed by atoms with Gasteiger partial charge in [-0.2, -0.15) is 4.98 Å². The Hall–Kier alpha value is -3.51. The smallest absolute Gasteiger partial charge is 0.342 e. The van der Waals surface area contributed by atoms with Gasteiger partial charge in [0.15, 0.2) is 16.1 Å². The number of aromatic carboxylic acids is 1. The fourth-order valence-electron chi connectivity index (χ4n) is 3.78. The number of thioether (sulfide) groups is 1. The lowest BCUT2D eigenvalue weighted by Crippen LogP contribution is -2.22. The Morgan fingerprint density at radius 2 is 1.91 bits per heavy atom. The maximum atomic E-state index is 13.0. The van der Waals surface area contributed by atoms with Gasteiger partial charge in [-0.05, 0) is 31.9 Å². The van der Waals surface area contributed by atoms with Crippen LogP contribution in [-0.4, -0.2) is 42.9 Å². The average molecular weight is 514 g/mol. The summed E-state index contributed by atoms with van der Waals surface area (Å²) in [5, 5.41) is 26.4. The maximum Gasteiger partial charge on any atom is 0.342 e. The number of ketones is 1. The van der Waals surface area contributed by atoms with Crippen LogP contribution in [0.4, 0.5) is 15.6 Å². The topological polar surface area (TPSA) is 154 Å². The van der Waals surface area contributed by atoms with E-state index in [0.717, 1.165) is 49.2 Å². The quantitative estimate of drug-likeness (QED) is 0.186. The Kier molecular flexibility index (Phi) is 7.61. The molecule has 12 heteroatoms. The highest BCUT2D eigenvalue weighted by molar-refractivity contribution is 7.98. The van der Waals surface area contributed by atoms with Crippen molar-refractivity contribution in [3.05, 3.63) is 52.2 Å². The normalized spacial score (nSPS) is 13.5. The Morgan fingerprint density at radius 3 is 2.63 bits per heavy atom. The summed E-state index contributed by atoms with van der Waals surface area (Å²) < 4.78 is 0. The lowest BCUT2D eigenvalue weighted by atomic mass is 9.94. The first-order valence-corrected chi connectivity index (χ1v) is 12.8. The van der Waals surface area contributed by atoms with Crippen molar-refractivity contribution in [1.82, 2.24) is 15.0 Å². The second-order valence-electron chi connectivity index (χ2n) is 8.10. The van der Waals surface area contributed by atoms with Crippen molar-refractivity contribution >= 4 is 51.7 Å². The van der Waals surface area contributed by atoms with Crippen molar-refractivity contribution < 1.29 is 24.6 Å². The number of carboxylic acids is 1. The number of anilines is 2. The van der Waals surface area contributed by atoms with Crippen LogP contribution in [0.15, 0.2) is 34.9 Å². The highest BCUT2D eigenvalue weighted by Gasteiger charge is 2.26. The molecule has 0 spiro atoms. The van der Waals surface area contributed by atoms with Gasteiger partial charge in [0, 0.05) is 28.8 Å². The summed E-state index contributed by atoms with van der Waals surface area (Å²) in [6, 6.07) is 4.91. The molecule has 1 aliphatic rings. The number of carbonyl (C=O) groups is 3. The van der Waals surface area contributed by atoms with Gasteiger partial charge in [-0.1, -0.05) is 36.2 Å². The van der Waals surface area contributed by atoms with Gasteiger partial charge in [0.1, 0.15) is 5.56 Å². The first-order chi connectivity index (χ1) is 16.8. The van der Waals surface area contributed by atoms with E-state index in [1.165, 1.54) is 11.3 Å². The predicted octanol–water partition coefficient (Wildman–Crippen LogP) is 4.95. The van der Waals surface area contributed by atoms with Crippen molar-refractivity contribution in [2.75, 3.05) is 10.6 Å². The van der Waals surface area contributed by atoms with E-state index in [-0.39, 0.29) is 22.4 Å². The summed E-state index contributed by atoms with van der Waals surface area (Å²) in [7, 11) is 0. The van der Waals surface area contributed by atoms with Gasteiger partial charge in [-0.25, -0.2) is 19.6 Å². The van der Waals surface area contributed by atoms with E-state index in [1.54, 1.807) is 11.4 Å². The number of urea groups is 1. The lowest BCUT2D eigenvalue weighted by Gasteiger charge is -2.14. The maximum absolute atomic E-state index is 13.0. The molecule has 3 aromatic rings. The van der Waals surface area contributed by atoms with Crippen molar-refractivity contribution in [2.45, 2.75) is 43.5 Å². The molecule has 4 rings (SSSR count). The third-order valence-electron chi connectivity index (χ3n) is 5.51. The van der Waals surface area contributed by atoms with Crippen LogP contribution < -0.4 is 10.6 Å². The third-order valence-corrected chi connectivity index (χ3v) is 7.21. The van der Waals surface area contributed by atoms with E-state index in [2.05, 4.69) is 25.6 Å². The fraction of sp³-hybridized carbons (Fsp3) is 0.304. The Bertz CT molecular complexity index is 1270. The Balaban J connectivity index is 1.36. The van der Waals surface area contributed by atoms with Gasteiger partial charge in [0.05, 0.1) is 11.4 Å².